The van der Waals surface area contributed by atoms with Gasteiger partial charge in [-0.15, -0.1) is 11.8 Å². The largest absolute Gasteiger partial charge is 0.323 e. The van der Waals surface area contributed by atoms with Crippen molar-refractivity contribution >= 4 is 34.9 Å². The quantitative estimate of drug-likeness (QED) is 0.405. The molecule has 2 amide bonds. The lowest BCUT2D eigenvalue weighted by molar-refractivity contribution is 0.262. The maximum Gasteiger partial charge on any atom is 0.323 e. The summed E-state index contributed by atoms with van der Waals surface area (Å²) in [5.41, 5.74) is 3.02. The van der Waals surface area contributed by atoms with E-state index in [1.807, 2.05) is 62.4 Å². The second-order valence-corrected chi connectivity index (χ2v) is 8.35. The van der Waals surface area contributed by atoms with Gasteiger partial charge in [-0.2, -0.15) is 9.50 Å². The molecule has 9 heteroatoms. The van der Waals surface area contributed by atoms with Crippen molar-refractivity contribution in [1.82, 2.24) is 19.2 Å². The highest BCUT2D eigenvalue weighted by Crippen LogP contribution is 2.29. The molecular formula is C23H24N6O2S. The fourth-order valence-electron chi connectivity index (χ4n) is 3.24. The number of urea groups is 1. The van der Waals surface area contributed by atoms with Crippen LogP contribution in [0.5, 0.6) is 0 Å². The average Bonchev–Trinajstić information content (AvgIpc) is 3.18. The second kappa shape index (κ2) is 9.69. The summed E-state index contributed by atoms with van der Waals surface area (Å²) in [7, 11) is 0. The van der Waals surface area contributed by atoms with Crippen molar-refractivity contribution in [1.29, 1.82) is 0 Å². The number of hydrogen-bond acceptors (Lipinski definition) is 5. The van der Waals surface area contributed by atoms with E-state index < -0.39 is 0 Å². The smallest absolute Gasteiger partial charge is 0.308 e. The summed E-state index contributed by atoms with van der Waals surface area (Å²) < 4.78 is 3.26. The maximum absolute atomic E-state index is 12.6. The molecule has 4 rings (SSSR count). The number of carbonyl (C=O) groups is 1. The number of nitrogens with one attached hydrogen (secondary N) is 2. The molecule has 8 nitrogen and oxygen atoms in total. The van der Waals surface area contributed by atoms with E-state index in [1.165, 1.54) is 22.3 Å². The van der Waals surface area contributed by atoms with Gasteiger partial charge >= 0.3 is 6.03 Å². The summed E-state index contributed by atoms with van der Waals surface area (Å²) in [6.45, 7) is 4.74. The zero-order chi connectivity index (χ0) is 22.5. The molecule has 4 aromatic rings. The number of nitrogens with zero attached hydrogens (tertiary/aromatic N) is 4. The summed E-state index contributed by atoms with van der Waals surface area (Å²) >= 11 is 1.50. The Labute approximate surface area is 189 Å². The van der Waals surface area contributed by atoms with Gasteiger partial charge in [-0.25, -0.2) is 9.78 Å². The molecule has 0 spiro atoms. The Balaban J connectivity index is 1.46. The molecule has 0 fully saturated rings. The van der Waals surface area contributed by atoms with Crippen molar-refractivity contribution in [3.63, 3.8) is 0 Å². The van der Waals surface area contributed by atoms with E-state index in [9.17, 15) is 9.59 Å². The molecule has 0 aliphatic rings. The van der Waals surface area contributed by atoms with Crippen LogP contribution in [-0.2, 0) is 12.3 Å². The van der Waals surface area contributed by atoms with Gasteiger partial charge in [-0.3, -0.25) is 9.48 Å². The van der Waals surface area contributed by atoms with Crippen molar-refractivity contribution in [2.75, 3.05) is 10.6 Å². The number of benzene rings is 2. The molecule has 32 heavy (non-hydrogen) atoms. The molecule has 0 saturated carbocycles. The van der Waals surface area contributed by atoms with Crippen LogP contribution < -0.4 is 16.2 Å². The molecule has 2 aromatic heterocycles. The lowest BCUT2D eigenvalue weighted by atomic mass is 10.2. The fourth-order valence-corrected chi connectivity index (χ4v) is 4.14. The van der Waals surface area contributed by atoms with Crippen LogP contribution in [0.3, 0.4) is 0 Å². The number of amides is 2. The molecule has 0 aliphatic heterocycles. The van der Waals surface area contributed by atoms with E-state index in [2.05, 4.69) is 20.6 Å². The third-order valence-corrected chi connectivity index (χ3v) is 5.88. The van der Waals surface area contributed by atoms with E-state index in [-0.39, 0.29) is 11.6 Å². The first kappa shape index (κ1) is 21.6. The van der Waals surface area contributed by atoms with Crippen LogP contribution in [-0.4, -0.2) is 25.2 Å². The number of carbonyl (C=O) groups excluding carboxylic acids is 1. The van der Waals surface area contributed by atoms with Gasteiger partial charge in [0.05, 0.1) is 11.4 Å². The van der Waals surface area contributed by atoms with Gasteiger partial charge in [0, 0.05) is 28.9 Å². The zero-order valence-corrected chi connectivity index (χ0v) is 18.7. The fraction of sp³-hybridized carbons (Fsp3) is 0.217. The van der Waals surface area contributed by atoms with Crippen LogP contribution in [0.15, 0.2) is 70.6 Å². The van der Waals surface area contributed by atoms with Crippen molar-refractivity contribution in [2.45, 2.75) is 37.5 Å². The second-order valence-electron chi connectivity index (χ2n) is 7.34. The number of para-hydroxylation sites is 1. The predicted octanol–water partition coefficient (Wildman–Crippen LogP) is 4.55. The molecule has 164 valence electrons. The number of anilines is 2. The van der Waals surface area contributed by atoms with Crippen molar-refractivity contribution in [3.8, 4) is 0 Å². The van der Waals surface area contributed by atoms with E-state index in [0.29, 0.717) is 29.5 Å². The Morgan fingerprint density at radius 3 is 2.66 bits per heavy atom. The van der Waals surface area contributed by atoms with Crippen molar-refractivity contribution in [3.05, 3.63) is 82.5 Å². The van der Waals surface area contributed by atoms with Crippen LogP contribution in [0.2, 0.25) is 0 Å². The molecule has 2 aromatic carbocycles. The molecule has 0 atom stereocenters. The molecule has 0 aliphatic carbocycles. The summed E-state index contributed by atoms with van der Waals surface area (Å²) in [6, 6.07) is 16.4. The molecule has 0 bridgehead atoms. The maximum atomic E-state index is 12.6. The number of rotatable bonds is 7. The third-order valence-electron chi connectivity index (χ3n) is 4.77. The first-order chi connectivity index (χ1) is 15.5. The van der Waals surface area contributed by atoms with Crippen LogP contribution in [0.1, 0.15) is 24.6 Å². The Bertz CT molecular complexity index is 1300. The molecule has 0 saturated heterocycles. The standard InChI is InChI=1S/C23H24N6O2S/c1-3-12-28-15-24-22-25-18(13-21(30)29(22)28)14-32-20-7-5-4-6-19(20)27-23(31)26-17-10-8-16(2)9-11-17/h4-11,13,15H,3,12,14H2,1-2H3,(H2,26,27,31). The zero-order valence-electron chi connectivity index (χ0n) is 17.9. The van der Waals surface area contributed by atoms with E-state index in [0.717, 1.165) is 22.6 Å². The summed E-state index contributed by atoms with van der Waals surface area (Å²) in [5, 5.41) is 5.73. The van der Waals surface area contributed by atoms with E-state index in [4.69, 9.17) is 0 Å². The van der Waals surface area contributed by atoms with Gasteiger partial charge < -0.3 is 10.6 Å². The Kier molecular flexibility index (Phi) is 6.55. The molecule has 2 heterocycles. The average molecular weight is 449 g/mol. The van der Waals surface area contributed by atoms with Crippen molar-refractivity contribution in [2.24, 2.45) is 0 Å². The minimum Gasteiger partial charge on any atom is -0.308 e. The van der Waals surface area contributed by atoms with Crippen LogP contribution in [0.25, 0.3) is 5.78 Å². The van der Waals surface area contributed by atoms with Crippen LogP contribution in [0, 0.1) is 6.92 Å². The third kappa shape index (κ3) is 5.00. The van der Waals surface area contributed by atoms with E-state index in [1.54, 1.807) is 11.0 Å². The monoisotopic (exact) mass is 448 g/mol. The highest BCUT2D eigenvalue weighted by molar-refractivity contribution is 7.98. The Hall–Kier alpha value is -3.59. The molecule has 0 radical (unpaired) electrons. The summed E-state index contributed by atoms with van der Waals surface area (Å²) in [5.74, 6) is 0.871. The lowest BCUT2D eigenvalue weighted by Gasteiger charge is -2.12. The van der Waals surface area contributed by atoms with Gasteiger partial charge in [0.1, 0.15) is 6.33 Å². The lowest BCUT2D eigenvalue weighted by Crippen LogP contribution is -2.21. The van der Waals surface area contributed by atoms with Crippen LogP contribution >= 0.6 is 11.8 Å². The molecule has 0 unspecified atom stereocenters. The SMILES string of the molecule is CCCn1cnc2nc(CSc3ccccc3NC(=O)Nc3ccc(C)cc3)cc(=O)n21. The van der Waals surface area contributed by atoms with E-state index >= 15 is 0 Å². The van der Waals surface area contributed by atoms with Gasteiger partial charge in [-0.05, 0) is 37.6 Å². The number of aromatic nitrogens is 4. The first-order valence-corrected chi connectivity index (χ1v) is 11.3. The normalized spacial score (nSPS) is 10.9. The summed E-state index contributed by atoms with van der Waals surface area (Å²) in [6.07, 6.45) is 2.53. The van der Waals surface area contributed by atoms with Crippen LogP contribution in [0.4, 0.5) is 16.2 Å². The van der Waals surface area contributed by atoms with Gasteiger partial charge in [0.15, 0.2) is 0 Å². The summed E-state index contributed by atoms with van der Waals surface area (Å²) in [4.78, 5) is 34.7. The van der Waals surface area contributed by atoms with Gasteiger partial charge in [0.25, 0.3) is 11.3 Å². The Morgan fingerprint density at radius 2 is 1.88 bits per heavy atom. The van der Waals surface area contributed by atoms with Crippen molar-refractivity contribution < 1.29 is 4.79 Å². The Morgan fingerprint density at radius 1 is 1.09 bits per heavy atom. The molecular weight excluding hydrogens is 424 g/mol. The first-order valence-electron chi connectivity index (χ1n) is 10.3. The molecule has 2 N–H and O–H groups in total. The minimum atomic E-state index is -0.318. The number of hydrogen-bond donors (Lipinski definition) is 2. The number of fused-ring (bicyclic) bond motifs is 1. The van der Waals surface area contributed by atoms with Gasteiger partial charge in [0.2, 0.25) is 0 Å². The number of aryl methyl sites for hydroxylation is 2. The topological polar surface area (TPSA) is 93.3 Å². The number of thioether (sulfide) groups is 1. The van der Waals surface area contributed by atoms with Gasteiger partial charge in [-0.1, -0.05) is 36.8 Å². The highest BCUT2D eigenvalue weighted by atomic mass is 32.2. The minimum absolute atomic E-state index is 0.152. The highest BCUT2D eigenvalue weighted by Gasteiger charge is 2.11. The predicted molar refractivity (Wildman–Crippen MR) is 127 cm³/mol.